The van der Waals surface area contributed by atoms with Gasteiger partial charge in [-0.1, -0.05) is 13.8 Å². The third-order valence-corrected chi connectivity index (χ3v) is 7.00. The van der Waals surface area contributed by atoms with E-state index in [0.29, 0.717) is 6.42 Å². The van der Waals surface area contributed by atoms with Gasteiger partial charge in [0.15, 0.2) is 9.96 Å². The molecule has 1 heterocycles. The summed E-state index contributed by atoms with van der Waals surface area (Å²) in [5, 5.41) is 0. The molecule has 0 aromatic carbocycles. The van der Waals surface area contributed by atoms with E-state index in [2.05, 4.69) is 4.74 Å². The summed E-state index contributed by atoms with van der Waals surface area (Å²) >= 11 is 0.832. The number of hydrogen-bond donors (Lipinski definition) is 1. The standard InChI is InChI=1S/C14H24N2O5S2.ClH/c1-9(2)10(15)6-7-16(3)23(18,19)14-11(20-4)8-12(22-14)13(17)21-5;/h8-10H,6-7,15H2,1-5H3;1H. The molecule has 0 aliphatic rings. The molecule has 1 unspecified atom stereocenters. The van der Waals surface area contributed by atoms with Crippen molar-refractivity contribution in [1.29, 1.82) is 0 Å². The van der Waals surface area contributed by atoms with Crippen molar-refractivity contribution in [3.05, 3.63) is 10.9 Å². The van der Waals surface area contributed by atoms with Crippen molar-refractivity contribution >= 4 is 39.7 Å². The van der Waals surface area contributed by atoms with Crippen LogP contribution < -0.4 is 10.5 Å². The minimum atomic E-state index is -3.76. The van der Waals surface area contributed by atoms with Crippen LogP contribution in [0.3, 0.4) is 0 Å². The van der Waals surface area contributed by atoms with Gasteiger partial charge in [-0.3, -0.25) is 0 Å². The smallest absolute Gasteiger partial charge is 0.348 e. The minimum absolute atomic E-state index is 0. The maximum absolute atomic E-state index is 12.7. The Kier molecular flexibility index (Phi) is 9.22. The Labute approximate surface area is 153 Å². The van der Waals surface area contributed by atoms with Crippen molar-refractivity contribution in [2.75, 3.05) is 27.8 Å². The summed E-state index contributed by atoms with van der Waals surface area (Å²) in [7, 11) is 0.321. The summed E-state index contributed by atoms with van der Waals surface area (Å²) in [5.41, 5.74) is 5.96. The zero-order valence-electron chi connectivity index (χ0n) is 14.4. The highest BCUT2D eigenvalue weighted by Gasteiger charge is 2.29. The van der Waals surface area contributed by atoms with Gasteiger partial charge in [0.1, 0.15) is 4.88 Å². The van der Waals surface area contributed by atoms with Gasteiger partial charge in [0, 0.05) is 25.7 Å². The van der Waals surface area contributed by atoms with Crippen LogP contribution in [0.4, 0.5) is 0 Å². The van der Waals surface area contributed by atoms with E-state index in [1.165, 1.54) is 31.6 Å². The largest absolute Gasteiger partial charge is 0.494 e. The minimum Gasteiger partial charge on any atom is -0.494 e. The van der Waals surface area contributed by atoms with E-state index in [1.807, 2.05) is 13.8 Å². The summed E-state index contributed by atoms with van der Waals surface area (Å²) in [6.07, 6.45) is 0.547. The second-order valence-corrected chi connectivity index (χ2v) is 8.77. The Hall–Kier alpha value is -0.870. The monoisotopic (exact) mass is 400 g/mol. The Balaban J connectivity index is 0.00000529. The number of rotatable bonds is 8. The average Bonchev–Trinajstić information content (AvgIpc) is 2.96. The summed E-state index contributed by atoms with van der Waals surface area (Å²) in [4.78, 5) is 11.8. The summed E-state index contributed by atoms with van der Waals surface area (Å²) in [5.74, 6) is -0.192. The Morgan fingerprint density at radius 1 is 1.38 bits per heavy atom. The van der Waals surface area contributed by atoms with Gasteiger partial charge in [-0.25, -0.2) is 17.5 Å². The first-order valence-corrected chi connectivity index (χ1v) is 9.38. The molecule has 0 bridgehead atoms. The SMILES string of the molecule is COC(=O)c1cc(OC)c(S(=O)(=O)N(C)CCC(N)C(C)C)s1.Cl. The second kappa shape index (κ2) is 9.57. The molecule has 0 aliphatic heterocycles. The van der Waals surface area contributed by atoms with Crippen LogP contribution in [0.1, 0.15) is 29.9 Å². The van der Waals surface area contributed by atoms with E-state index >= 15 is 0 Å². The lowest BCUT2D eigenvalue weighted by Gasteiger charge is -2.21. The maximum atomic E-state index is 12.7. The van der Waals surface area contributed by atoms with Crippen molar-refractivity contribution in [3.63, 3.8) is 0 Å². The highest BCUT2D eigenvalue weighted by molar-refractivity contribution is 7.91. The van der Waals surface area contributed by atoms with E-state index in [4.69, 9.17) is 10.5 Å². The number of carbonyl (C=O) groups is 1. The third-order valence-electron chi connectivity index (χ3n) is 3.55. The van der Waals surface area contributed by atoms with E-state index in [0.717, 1.165) is 11.3 Å². The van der Waals surface area contributed by atoms with E-state index in [1.54, 1.807) is 0 Å². The van der Waals surface area contributed by atoms with E-state index < -0.39 is 16.0 Å². The number of carbonyl (C=O) groups excluding carboxylic acids is 1. The van der Waals surface area contributed by atoms with Gasteiger partial charge in [0.25, 0.3) is 10.0 Å². The van der Waals surface area contributed by atoms with Crippen molar-refractivity contribution in [3.8, 4) is 5.75 Å². The zero-order valence-corrected chi connectivity index (χ0v) is 16.9. The van der Waals surface area contributed by atoms with Gasteiger partial charge >= 0.3 is 5.97 Å². The first-order valence-electron chi connectivity index (χ1n) is 7.13. The van der Waals surface area contributed by atoms with E-state index in [9.17, 15) is 13.2 Å². The molecule has 1 aromatic rings. The molecule has 0 fully saturated rings. The van der Waals surface area contributed by atoms with E-state index in [-0.39, 0.29) is 45.7 Å². The lowest BCUT2D eigenvalue weighted by molar-refractivity contribution is 0.0606. The Bertz CT molecular complexity index is 646. The number of ether oxygens (including phenoxy) is 2. The summed E-state index contributed by atoms with van der Waals surface area (Å²) < 4.78 is 36.3. The van der Waals surface area contributed by atoms with Crippen LogP contribution in [0.15, 0.2) is 10.3 Å². The predicted molar refractivity (Wildman–Crippen MR) is 96.7 cm³/mol. The van der Waals surface area contributed by atoms with Crippen molar-refractivity contribution < 1.29 is 22.7 Å². The highest BCUT2D eigenvalue weighted by Crippen LogP contribution is 2.35. The number of methoxy groups -OCH3 is 2. The molecule has 7 nitrogen and oxygen atoms in total. The molecule has 0 amide bonds. The molecule has 1 aromatic heterocycles. The average molecular weight is 401 g/mol. The van der Waals surface area contributed by atoms with Gasteiger partial charge < -0.3 is 15.2 Å². The molecule has 0 radical (unpaired) electrons. The van der Waals surface area contributed by atoms with Gasteiger partial charge in [0.2, 0.25) is 0 Å². The molecule has 0 saturated carbocycles. The number of sulfonamides is 1. The van der Waals surface area contributed by atoms with Gasteiger partial charge in [0.05, 0.1) is 14.2 Å². The Morgan fingerprint density at radius 3 is 2.42 bits per heavy atom. The van der Waals surface area contributed by atoms with Crippen LogP contribution in [-0.2, 0) is 14.8 Å². The van der Waals surface area contributed by atoms with Crippen molar-refractivity contribution in [2.24, 2.45) is 11.7 Å². The number of halogens is 1. The van der Waals surface area contributed by atoms with Crippen LogP contribution in [0.25, 0.3) is 0 Å². The normalized spacial score (nSPS) is 12.8. The molecule has 0 saturated heterocycles. The molecule has 1 atom stereocenters. The van der Waals surface area contributed by atoms with Gasteiger partial charge in [-0.15, -0.1) is 23.7 Å². The van der Waals surface area contributed by atoms with Crippen LogP contribution >= 0.6 is 23.7 Å². The molecule has 10 heteroatoms. The summed E-state index contributed by atoms with van der Waals surface area (Å²) in [6.45, 7) is 4.27. The third kappa shape index (κ3) is 5.32. The fraction of sp³-hybridized carbons (Fsp3) is 0.643. The molecule has 1 rings (SSSR count). The highest BCUT2D eigenvalue weighted by atomic mass is 35.5. The molecular weight excluding hydrogens is 376 g/mol. The van der Waals surface area contributed by atoms with Crippen molar-refractivity contribution in [1.82, 2.24) is 4.31 Å². The maximum Gasteiger partial charge on any atom is 0.348 e. The van der Waals surface area contributed by atoms with Crippen LogP contribution in [0.5, 0.6) is 5.75 Å². The Morgan fingerprint density at radius 2 is 1.96 bits per heavy atom. The zero-order chi connectivity index (χ0) is 17.8. The fourth-order valence-electron chi connectivity index (χ4n) is 1.81. The number of esters is 1. The van der Waals surface area contributed by atoms with Crippen molar-refractivity contribution in [2.45, 2.75) is 30.5 Å². The van der Waals surface area contributed by atoms with Crippen LogP contribution in [-0.4, -0.2) is 52.5 Å². The van der Waals surface area contributed by atoms with Crippen LogP contribution in [0, 0.1) is 5.92 Å². The fourth-order valence-corrected chi connectivity index (χ4v) is 4.68. The first-order chi connectivity index (χ1) is 10.6. The lowest BCUT2D eigenvalue weighted by Crippen LogP contribution is -2.34. The summed E-state index contributed by atoms with van der Waals surface area (Å²) in [6, 6.07) is 1.29. The number of thiophene rings is 1. The molecule has 0 aliphatic carbocycles. The number of nitrogens with two attached hydrogens (primary N) is 1. The van der Waals surface area contributed by atoms with Gasteiger partial charge in [-0.2, -0.15) is 0 Å². The molecule has 0 spiro atoms. The van der Waals surface area contributed by atoms with Crippen LogP contribution in [0.2, 0.25) is 0 Å². The molecule has 140 valence electrons. The number of nitrogens with zero attached hydrogens (tertiary/aromatic N) is 1. The second-order valence-electron chi connectivity index (χ2n) is 5.48. The predicted octanol–water partition coefficient (Wildman–Crippen LogP) is 1.96. The topological polar surface area (TPSA) is 98.9 Å². The first kappa shape index (κ1) is 23.1. The van der Waals surface area contributed by atoms with Gasteiger partial charge in [-0.05, 0) is 12.3 Å². The molecule has 24 heavy (non-hydrogen) atoms. The lowest BCUT2D eigenvalue weighted by atomic mass is 10.0. The quantitative estimate of drug-likeness (QED) is 0.669. The number of hydrogen-bond acceptors (Lipinski definition) is 7. The molecule has 2 N–H and O–H groups in total. The molecular formula is C14H25ClN2O5S2.